The van der Waals surface area contributed by atoms with Crippen molar-refractivity contribution in [3.8, 4) is 0 Å². The second-order valence-electron chi connectivity index (χ2n) is 4.22. The predicted molar refractivity (Wildman–Crippen MR) is 56.3 cm³/mol. The maximum Gasteiger partial charge on any atom is 0.460 e. The van der Waals surface area contributed by atoms with Crippen molar-refractivity contribution in [1.82, 2.24) is 6.15 Å². The Kier molecular flexibility index (Phi) is 7.72. The molecule has 170 valence electrons. The highest BCUT2D eigenvalue weighted by molar-refractivity contribution is 6.22. The number of ether oxygens (including phenoxy) is 2. The van der Waals surface area contributed by atoms with Crippen LogP contribution in [0.2, 0.25) is 0 Å². The molecule has 20 heteroatoms. The van der Waals surface area contributed by atoms with Crippen LogP contribution in [0.5, 0.6) is 0 Å². The van der Waals surface area contributed by atoms with Gasteiger partial charge in [0.15, 0.2) is 0 Å². The van der Waals surface area contributed by atoms with Crippen LogP contribution in [0.15, 0.2) is 0 Å². The van der Waals surface area contributed by atoms with Crippen molar-refractivity contribution in [2.45, 2.75) is 41.7 Å². The molecule has 0 rings (SSSR count). The van der Waals surface area contributed by atoms with E-state index in [1.165, 1.54) is 4.74 Å². The molecule has 0 atom stereocenters. The summed E-state index contributed by atoms with van der Waals surface area (Å²) in [6.07, 6.45) is -28.7. The number of hydrogen-bond donors (Lipinski definition) is 2. The first kappa shape index (κ1) is 28.9. The van der Waals surface area contributed by atoms with Gasteiger partial charge in [-0.3, -0.25) is 0 Å². The number of aliphatic carboxylic acids is 1. The van der Waals surface area contributed by atoms with Gasteiger partial charge in [0.25, 0.3) is 0 Å². The smallest absolute Gasteiger partial charge is 0.460 e. The molecule has 0 aliphatic rings. The summed E-state index contributed by atoms with van der Waals surface area (Å²) in [5, 5.41) is 1.22. The van der Waals surface area contributed by atoms with Crippen LogP contribution >= 0.6 is 11.6 Å². The largest absolute Gasteiger partial charge is 0.475 e. The molecule has 0 bridgehead atoms. The van der Waals surface area contributed by atoms with E-state index in [1.54, 1.807) is 4.74 Å². The number of carbonyl (C=O) groups is 1. The van der Waals surface area contributed by atoms with E-state index in [1.807, 2.05) is 0 Å². The fourth-order valence-electron chi connectivity index (χ4n) is 0.892. The van der Waals surface area contributed by atoms with E-state index in [2.05, 4.69) is 11.6 Å². The first-order valence-electron chi connectivity index (χ1n) is 5.33. The van der Waals surface area contributed by atoms with Gasteiger partial charge in [0.1, 0.15) is 0 Å². The number of carboxylic acid groups (broad SMARTS) is 1. The second kappa shape index (κ2) is 7.48. The molecule has 0 spiro atoms. The van der Waals surface area contributed by atoms with Crippen LogP contribution in [-0.2, 0) is 14.3 Å². The Morgan fingerprint density at radius 1 is 0.643 bits per heavy atom. The van der Waals surface area contributed by atoms with Gasteiger partial charge in [0.2, 0.25) is 0 Å². The summed E-state index contributed by atoms with van der Waals surface area (Å²) in [6, 6.07) is 0. The Labute approximate surface area is 147 Å². The molecule has 0 aromatic heterocycles. The third kappa shape index (κ3) is 4.98. The summed E-state index contributed by atoms with van der Waals surface area (Å²) < 4.78 is 179. The number of hydrogen-bond acceptors (Lipinski definition) is 3. The van der Waals surface area contributed by atoms with Gasteiger partial charge in [0, 0.05) is 0 Å². The molecule has 0 amide bonds. The van der Waals surface area contributed by atoms with Gasteiger partial charge in [-0.05, 0) is 11.6 Å². The summed E-state index contributed by atoms with van der Waals surface area (Å²) >= 11 is 3.45. The van der Waals surface area contributed by atoms with Crippen LogP contribution in [0.25, 0.3) is 0 Å². The first-order valence-corrected chi connectivity index (χ1v) is 5.71. The van der Waals surface area contributed by atoms with Crippen molar-refractivity contribution >= 4 is 17.6 Å². The third-order valence-electron chi connectivity index (χ3n) is 2.21. The van der Waals surface area contributed by atoms with Crippen LogP contribution in [-0.4, -0.2) is 52.7 Å². The van der Waals surface area contributed by atoms with Crippen LogP contribution in [0.1, 0.15) is 0 Å². The number of quaternary nitrogens is 1. The predicted octanol–water partition coefficient (Wildman–Crippen LogP) is 4.95. The van der Waals surface area contributed by atoms with E-state index in [0.717, 1.165) is 0 Å². The molecule has 0 radical (unpaired) electrons. The monoisotopic (exact) mass is 480 g/mol. The molecule has 0 saturated heterocycles. The van der Waals surface area contributed by atoms with E-state index in [9.17, 15) is 66.3 Å². The summed E-state index contributed by atoms with van der Waals surface area (Å²) in [7, 11) is 0. The van der Waals surface area contributed by atoms with E-state index >= 15 is 0 Å². The minimum Gasteiger partial charge on any atom is -0.475 e. The van der Waals surface area contributed by atoms with Crippen molar-refractivity contribution in [3.05, 3.63) is 0 Å². The number of halogens is 15. The highest BCUT2D eigenvalue weighted by Gasteiger charge is 2.82. The Hall–Kier alpha value is -1.34. The van der Waals surface area contributed by atoms with Crippen molar-refractivity contribution < 1.29 is 80.8 Å². The lowest BCUT2D eigenvalue weighted by atomic mass is 10.2. The molecule has 0 aliphatic carbocycles. The fraction of sp³-hybridized carbons (Fsp3) is 0.875. The SMILES string of the molecule is O=C(O)C(F)(F)OC(F)(F)C(F)(F)C(F)(F)OC(F)(F)C(F)(F)C(F)(F)Cl.[NH4+]. The Balaban J connectivity index is 0. The number of alkyl halides is 15. The zero-order valence-corrected chi connectivity index (χ0v) is 13.1. The molecule has 0 heterocycles. The van der Waals surface area contributed by atoms with Gasteiger partial charge in [0.05, 0.1) is 0 Å². The van der Waals surface area contributed by atoms with Gasteiger partial charge >= 0.3 is 47.6 Å². The van der Waals surface area contributed by atoms with Crippen LogP contribution in [0.4, 0.5) is 61.5 Å². The lowest BCUT2D eigenvalue weighted by molar-refractivity contribution is -0.525. The average Bonchev–Trinajstić information content (AvgIpc) is 2.33. The summed E-state index contributed by atoms with van der Waals surface area (Å²) in [5.41, 5.74) is 0. The topological polar surface area (TPSA) is 92.3 Å². The van der Waals surface area contributed by atoms with Crippen molar-refractivity contribution in [2.75, 3.05) is 0 Å². The molecule has 28 heavy (non-hydrogen) atoms. The molecule has 0 aromatic carbocycles. The zero-order chi connectivity index (χ0) is 22.5. The minimum absolute atomic E-state index is 0. The van der Waals surface area contributed by atoms with Gasteiger partial charge in [-0.25, -0.2) is 14.3 Å². The quantitative estimate of drug-likeness (QED) is 0.361. The second-order valence-corrected chi connectivity index (χ2v) is 4.70. The summed E-state index contributed by atoms with van der Waals surface area (Å²) in [5.74, 6) is -18.7. The summed E-state index contributed by atoms with van der Waals surface area (Å²) in [4.78, 5) is 9.76. The van der Waals surface area contributed by atoms with E-state index in [4.69, 9.17) is 5.11 Å². The third-order valence-corrected chi connectivity index (χ3v) is 2.45. The van der Waals surface area contributed by atoms with Crippen molar-refractivity contribution in [2.24, 2.45) is 0 Å². The molecule has 0 unspecified atom stereocenters. The molecule has 0 aliphatic heterocycles. The zero-order valence-electron chi connectivity index (χ0n) is 12.3. The molecular weight excluding hydrogens is 476 g/mol. The van der Waals surface area contributed by atoms with Crippen molar-refractivity contribution in [3.63, 3.8) is 0 Å². The average molecular weight is 481 g/mol. The fourth-order valence-corrected chi connectivity index (χ4v) is 1.00. The highest BCUT2D eigenvalue weighted by Crippen LogP contribution is 2.55. The highest BCUT2D eigenvalue weighted by atomic mass is 35.5. The standard InChI is InChI=1S/C8HClF14O4.H3N/c9-5(16,17)3(12,13)6(18,19)27-8(22,23)4(14,15)7(20,21)26-2(10,11)1(24)25;/h(H,24,25);1H3/p+1. The molecule has 5 nitrogen and oxygen atoms in total. The van der Waals surface area contributed by atoms with Gasteiger partial charge in [-0.15, -0.1) is 0 Å². The molecule has 0 saturated carbocycles. The van der Waals surface area contributed by atoms with Crippen LogP contribution in [0, 0.1) is 0 Å². The maximum atomic E-state index is 12.9. The van der Waals surface area contributed by atoms with E-state index < -0.39 is 47.6 Å². The van der Waals surface area contributed by atoms with Gasteiger partial charge in [-0.1, -0.05) is 0 Å². The Morgan fingerprint density at radius 3 is 1.21 bits per heavy atom. The summed E-state index contributed by atoms with van der Waals surface area (Å²) in [6.45, 7) is 0. The lowest BCUT2D eigenvalue weighted by Crippen LogP contribution is -2.63. The number of rotatable bonds is 9. The van der Waals surface area contributed by atoms with Gasteiger partial charge < -0.3 is 11.3 Å². The normalized spacial score (nSPS) is 15.2. The van der Waals surface area contributed by atoms with Crippen LogP contribution < -0.4 is 6.15 Å². The Bertz CT molecular complexity index is 576. The molecule has 5 N–H and O–H groups in total. The van der Waals surface area contributed by atoms with E-state index in [-0.39, 0.29) is 6.15 Å². The van der Waals surface area contributed by atoms with Crippen molar-refractivity contribution in [1.29, 1.82) is 0 Å². The molecule has 0 fully saturated rings. The minimum atomic E-state index is -7.72. The van der Waals surface area contributed by atoms with Gasteiger partial charge in [-0.2, -0.15) is 61.5 Å². The Morgan fingerprint density at radius 2 is 0.929 bits per heavy atom. The lowest BCUT2D eigenvalue weighted by Gasteiger charge is -2.36. The van der Waals surface area contributed by atoms with E-state index in [0.29, 0.717) is 0 Å². The maximum absolute atomic E-state index is 12.9. The molecular formula is C8H5ClF14NO4+. The molecule has 0 aromatic rings. The first-order chi connectivity index (χ1) is 11.4. The number of carboxylic acids is 1. The van der Waals surface area contributed by atoms with Crippen LogP contribution in [0.3, 0.4) is 0 Å².